The van der Waals surface area contributed by atoms with Crippen molar-refractivity contribution in [2.45, 2.75) is 19.3 Å². The molecule has 1 aliphatic rings. The lowest BCUT2D eigenvalue weighted by Gasteiger charge is -2.26. The van der Waals surface area contributed by atoms with E-state index < -0.39 is 11.9 Å². The summed E-state index contributed by atoms with van der Waals surface area (Å²) in [6, 6.07) is 24.3. The number of nitrogens with zero attached hydrogens (tertiary/aromatic N) is 1. The van der Waals surface area contributed by atoms with Gasteiger partial charge in [-0.25, -0.2) is 4.79 Å². The first-order chi connectivity index (χ1) is 16.6. The Morgan fingerprint density at radius 3 is 2.53 bits per heavy atom. The molecule has 3 aromatic carbocycles. The van der Waals surface area contributed by atoms with Crippen LogP contribution < -0.4 is 19.9 Å². The van der Waals surface area contributed by atoms with Crippen LogP contribution in [-0.4, -0.2) is 12.6 Å². The highest BCUT2D eigenvalue weighted by Crippen LogP contribution is 2.43. The quantitative estimate of drug-likeness (QED) is 0.296. The Bertz CT molecular complexity index is 1270. The molecule has 34 heavy (non-hydrogen) atoms. The number of carbonyl (C=O) groups excluding carboxylic acids is 1. The molecule has 0 aliphatic carbocycles. The second kappa shape index (κ2) is 10.4. The van der Waals surface area contributed by atoms with Crippen molar-refractivity contribution in [3.63, 3.8) is 0 Å². The van der Waals surface area contributed by atoms with Crippen molar-refractivity contribution in [2.75, 3.05) is 6.61 Å². The van der Waals surface area contributed by atoms with Gasteiger partial charge in [0.1, 0.15) is 28.9 Å². The van der Waals surface area contributed by atoms with E-state index in [0.29, 0.717) is 23.7 Å². The van der Waals surface area contributed by atoms with Crippen LogP contribution in [0.15, 0.2) is 90.3 Å². The highest BCUT2D eigenvalue weighted by Gasteiger charge is 2.31. The fourth-order valence-electron chi connectivity index (χ4n) is 3.70. The predicted octanol–water partition coefficient (Wildman–Crippen LogP) is 5.31. The Morgan fingerprint density at radius 1 is 1.09 bits per heavy atom. The highest BCUT2D eigenvalue weighted by molar-refractivity contribution is 5.88. The molecule has 0 radical (unpaired) electrons. The van der Waals surface area contributed by atoms with E-state index in [1.54, 1.807) is 24.3 Å². The van der Waals surface area contributed by atoms with E-state index in [1.165, 1.54) is 6.08 Å². The number of hydrogen-bond donors (Lipinski definition) is 1. The van der Waals surface area contributed by atoms with Crippen molar-refractivity contribution in [2.24, 2.45) is 5.73 Å². The number of fused-ring (bicyclic) bond motifs is 1. The van der Waals surface area contributed by atoms with Gasteiger partial charge in [-0.3, -0.25) is 0 Å². The minimum atomic E-state index is -0.514. The summed E-state index contributed by atoms with van der Waals surface area (Å²) in [5, 5.41) is 9.75. The first-order valence-electron chi connectivity index (χ1n) is 11.0. The molecule has 1 heterocycles. The van der Waals surface area contributed by atoms with Gasteiger partial charge in [-0.2, -0.15) is 5.26 Å². The van der Waals surface area contributed by atoms with Crippen molar-refractivity contribution in [1.82, 2.24) is 0 Å². The predicted molar refractivity (Wildman–Crippen MR) is 129 cm³/mol. The third-order valence-electron chi connectivity index (χ3n) is 5.31. The molecule has 0 aromatic heterocycles. The van der Waals surface area contributed by atoms with Gasteiger partial charge in [0.25, 0.3) is 0 Å². The monoisotopic (exact) mass is 452 g/mol. The molecule has 1 atom stereocenters. The van der Waals surface area contributed by atoms with Crippen molar-refractivity contribution in [3.05, 3.63) is 107 Å². The summed E-state index contributed by atoms with van der Waals surface area (Å²) in [5.41, 5.74) is 8.93. The zero-order valence-corrected chi connectivity index (χ0v) is 18.7. The molecule has 0 spiro atoms. The normalized spacial score (nSPS) is 14.8. The van der Waals surface area contributed by atoms with E-state index in [2.05, 4.69) is 6.07 Å². The minimum absolute atomic E-state index is 0.0266. The van der Waals surface area contributed by atoms with Crippen LogP contribution >= 0.6 is 0 Å². The Morgan fingerprint density at radius 2 is 1.82 bits per heavy atom. The van der Waals surface area contributed by atoms with Gasteiger partial charge in [-0.1, -0.05) is 55.5 Å². The zero-order valence-electron chi connectivity index (χ0n) is 18.7. The average Bonchev–Trinajstić information content (AvgIpc) is 2.86. The molecule has 1 aliphatic heterocycles. The van der Waals surface area contributed by atoms with Gasteiger partial charge in [-0.15, -0.1) is 0 Å². The third kappa shape index (κ3) is 5.11. The van der Waals surface area contributed by atoms with Gasteiger partial charge < -0.3 is 19.9 Å². The van der Waals surface area contributed by atoms with Crippen LogP contribution in [0.1, 0.15) is 36.0 Å². The number of nitrogens with two attached hydrogens (primary N) is 1. The summed E-state index contributed by atoms with van der Waals surface area (Å²) < 4.78 is 16.8. The molecule has 3 aromatic rings. The minimum Gasteiger partial charge on any atom is -0.494 e. The number of rotatable bonds is 7. The summed E-state index contributed by atoms with van der Waals surface area (Å²) in [7, 11) is 0. The van der Waals surface area contributed by atoms with E-state index in [0.717, 1.165) is 28.9 Å². The van der Waals surface area contributed by atoms with Crippen molar-refractivity contribution in [1.29, 1.82) is 5.26 Å². The molecule has 170 valence electrons. The van der Waals surface area contributed by atoms with Crippen LogP contribution in [0.5, 0.6) is 17.2 Å². The summed E-state index contributed by atoms with van der Waals surface area (Å²) >= 11 is 0. The third-order valence-corrected chi connectivity index (χ3v) is 5.31. The Labute approximate surface area is 198 Å². The number of benzene rings is 3. The molecule has 6 nitrogen and oxygen atoms in total. The molecule has 0 saturated carbocycles. The number of ether oxygens (including phenoxy) is 3. The SMILES string of the molecule is CCCOc1ccc(C2C(C#N)=C(N)Oc3cc(OC(=O)/C=C/c4ccccc4)ccc32)cc1. The number of carbonyl (C=O) groups is 1. The standard InChI is InChI=1S/C28H24N2O4/c1-2-16-32-21-11-9-20(10-12-21)27-23-14-13-22(17-25(23)34-28(30)24(27)18-29)33-26(31)15-8-19-6-4-3-5-7-19/h3-15,17,27H,2,16,30H2,1H3/b15-8+. The Hall–Kier alpha value is -4.50. The van der Waals surface area contributed by atoms with E-state index in [9.17, 15) is 10.1 Å². The summed E-state index contributed by atoms with van der Waals surface area (Å²) in [5.74, 6) is 0.622. The molecule has 0 bridgehead atoms. The largest absolute Gasteiger partial charge is 0.494 e. The lowest BCUT2D eigenvalue weighted by molar-refractivity contribution is -0.128. The Kier molecular flexibility index (Phi) is 6.95. The highest BCUT2D eigenvalue weighted by atomic mass is 16.5. The number of nitriles is 1. The van der Waals surface area contributed by atoms with Crippen molar-refractivity contribution < 1.29 is 19.0 Å². The van der Waals surface area contributed by atoms with Crippen LogP contribution in [0.4, 0.5) is 0 Å². The lowest BCUT2D eigenvalue weighted by atomic mass is 9.83. The van der Waals surface area contributed by atoms with Gasteiger partial charge in [0, 0.05) is 17.7 Å². The fraction of sp³-hybridized carbons (Fsp3) is 0.143. The van der Waals surface area contributed by atoms with Gasteiger partial charge in [0.15, 0.2) is 0 Å². The first-order valence-corrected chi connectivity index (χ1v) is 11.0. The fourth-order valence-corrected chi connectivity index (χ4v) is 3.70. The van der Waals surface area contributed by atoms with Crippen molar-refractivity contribution >= 4 is 12.0 Å². The average molecular weight is 453 g/mol. The van der Waals surface area contributed by atoms with E-state index in [-0.39, 0.29) is 5.88 Å². The van der Waals surface area contributed by atoms with Crippen LogP contribution in [-0.2, 0) is 4.79 Å². The number of allylic oxidation sites excluding steroid dienone is 1. The van der Waals surface area contributed by atoms with E-state index >= 15 is 0 Å². The maximum Gasteiger partial charge on any atom is 0.336 e. The molecule has 0 saturated heterocycles. The van der Waals surface area contributed by atoms with Gasteiger partial charge in [0.2, 0.25) is 5.88 Å². The van der Waals surface area contributed by atoms with E-state index in [4.69, 9.17) is 19.9 Å². The van der Waals surface area contributed by atoms with Crippen LogP contribution in [0.2, 0.25) is 0 Å². The van der Waals surface area contributed by atoms with Gasteiger partial charge in [-0.05, 0) is 41.8 Å². The summed E-state index contributed by atoms with van der Waals surface area (Å²) in [6.07, 6.45) is 3.96. The molecular formula is C28H24N2O4. The van der Waals surface area contributed by atoms with E-state index in [1.807, 2.05) is 61.5 Å². The van der Waals surface area contributed by atoms with Crippen molar-refractivity contribution in [3.8, 4) is 23.3 Å². The number of hydrogen-bond acceptors (Lipinski definition) is 6. The maximum absolute atomic E-state index is 12.3. The molecule has 1 unspecified atom stereocenters. The first kappa shape index (κ1) is 22.7. The summed E-state index contributed by atoms with van der Waals surface area (Å²) in [4.78, 5) is 12.3. The lowest BCUT2D eigenvalue weighted by Crippen LogP contribution is -2.21. The van der Waals surface area contributed by atoms with Gasteiger partial charge in [0.05, 0.1) is 12.5 Å². The summed E-state index contributed by atoms with van der Waals surface area (Å²) in [6.45, 7) is 2.68. The second-order valence-corrected chi connectivity index (χ2v) is 7.71. The second-order valence-electron chi connectivity index (χ2n) is 7.71. The number of esters is 1. The van der Waals surface area contributed by atoms with Crippen LogP contribution in [0, 0.1) is 11.3 Å². The molecule has 4 rings (SSSR count). The Balaban J connectivity index is 1.57. The smallest absolute Gasteiger partial charge is 0.336 e. The van der Waals surface area contributed by atoms with Crippen LogP contribution in [0.25, 0.3) is 6.08 Å². The molecule has 0 amide bonds. The molecule has 6 heteroatoms. The van der Waals surface area contributed by atoms with Gasteiger partial charge >= 0.3 is 5.97 Å². The topological polar surface area (TPSA) is 94.6 Å². The zero-order chi connectivity index (χ0) is 23.9. The van der Waals surface area contributed by atoms with Crippen LogP contribution in [0.3, 0.4) is 0 Å². The molecule has 2 N–H and O–H groups in total. The molecule has 0 fully saturated rings. The molecular weight excluding hydrogens is 428 g/mol. The maximum atomic E-state index is 12.3.